The van der Waals surface area contributed by atoms with E-state index in [1.807, 2.05) is 30.3 Å². The molecule has 4 nitrogen and oxygen atoms in total. The Morgan fingerprint density at radius 3 is 2.67 bits per heavy atom. The van der Waals surface area contributed by atoms with E-state index in [-0.39, 0.29) is 18.3 Å². The van der Waals surface area contributed by atoms with Crippen molar-refractivity contribution in [3.63, 3.8) is 0 Å². The van der Waals surface area contributed by atoms with Crippen molar-refractivity contribution in [1.29, 1.82) is 5.26 Å². The van der Waals surface area contributed by atoms with Gasteiger partial charge >= 0.3 is 0 Å². The number of rotatable bonds is 5. The molecular formula is C16H14N2O2S. The number of nitrogens with one attached hydrogen (secondary N) is 1. The van der Waals surface area contributed by atoms with E-state index in [1.165, 1.54) is 11.8 Å². The first kappa shape index (κ1) is 15.1. The minimum atomic E-state index is -0.124. The van der Waals surface area contributed by atoms with E-state index >= 15 is 0 Å². The van der Waals surface area contributed by atoms with Crippen LogP contribution in [0, 0.1) is 11.3 Å². The molecule has 1 amide bonds. The fourth-order valence-corrected chi connectivity index (χ4v) is 2.40. The van der Waals surface area contributed by atoms with E-state index in [4.69, 9.17) is 10.4 Å². The second-order valence-corrected chi connectivity index (χ2v) is 5.38. The number of benzene rings is 2. The zero-order chi connectivity index (χ0) is 15.1. The van der Waals surface area contributed by atoms with Crippen molar-refractivity contribution in [2.75, 3.05) is 11.1 Å². The highest BCUT2D eigenvalue weighted by molar-refractivity contribution is 8.00. The molecule has 0 spiro atoms. The number of hydrogen-bond donors (Lipinski definition) is 2. The van der Waals surface area contributed by atoms with Crippen LogP contribution in [0.25, 0.3) is 0 Å². The maximum atomic E-state index is 11.9. The number of thioether (sulfide) groups is 1. The van der Waals surface area contributed by atoms with Gasteiger partial charge in [-0.3, -0.25) is 4.79 Å². The predicted octanol–water partition coefficient (Wildman–Crippen LogP) is 2.78. The van der Waals surface area contributed by atoms with Crippen molar-refractivity contribution < 1.29 is 9.90 Å². The standard InChI is InChI=1S/C16H14N2O2S/c17-9-13-2-1-3-14(8-13)18-16(20)11-21-15-6-4-12(10-19)5-7-15/h1-8,19H,10-11H2,(H,18,20). The van der Waals surface area contributed by atoms with Gasteiger partial charge in [-0.05, 0) is 35.9 Å². The summed E-state index contributed by atoms with van der Waals surface area (Å²) in [7, 11) is 0. The molecule has 2 rings (SSSR count). The van der Waals surface area contributed by atoms with Gasteiger partial charge in [-0.1, -0.05) is 18.2 Å². The van der Waals surface area contributed by atoms with Gasteiger partial charge in [0.1, 0.15) is 0 Å². The summed E-state index contributed by atoms with van der Waals surface area (Å²) in [6.45, 7) is 0.0145. The van der Waals surface area contributed by atoms with E-state index in [2.05, 4.69) is 5.32 Å². The lowest BCUT2D eigenvalue weighted by Gasteiger charge is -2.06. The molecule has 21 heavy (non-hydrogen) atoms. The molecule has 2 aromatic rings. The van der Waals surface area contributed by atoms with E-state index < -0.39 is 0 Å². The number of hydrogen-bond acceptors (Lipinski definition) is 4. The Labute approximate surface area is 127 Å². The first-order valence-electron chi connectivity index (χ1n) is 6.34. The quantitative estimate of drug-likeness (QED) is 0.833. The third-order valence-corrected chi connectivity index (χ3v) is 3.76. The Kier molecular flexibility index (Phi) is 5.38. The smallest absolute Gasteiger partial charge is 0.234 e. The summed E-state index contributed by atoms with van der Waals surface area (Å²) in [6, 6.07) is 16.2. The molecule has 0 unspecified atom stereocenters. The highest BCUT2D eigenvalue weighted by Gasteiger charge is 2.04. The summed E-state index contributed by atoms with van der Waals surface area (Å²) in [4.78, 5) is 12.8. The molecule has 0 bridgehead atoms. The summed E-state index contributed by atoms with van der Waals surface area (Å²) in [6.07, 6.45) is 0. The zero-order valence-electron chi connectivity index (χ0n) is 11.2. The van der Waals surface area contributed by atoms with Gasteiger partial charge in [-0.25, -0.2) is 0 Å². The van der Waals surface area contributed by atoms with Crippen molar-refractivity contribution in [3.8, 4) is 6.07 Å². The number of aliphatic hydroxyl groups is 1. The number of aliphatic hydroxyl groups excluding tert-OH is 1. The topological polar surface area (TPSA) is 73.1 Å². The number of nitriles is 1. The van der Waals surface area contributed by atoms with Crippen LogP contribution in [-0.4, -0.2) is 16.8 Å². The van der Waals surface area contributed by atoms with Crippen molar-refractivity contribution in [2.45, 2.75) is 11.5 Å². The monoisotopic (exact) mass is 298 g/mol. The number of nitrogens with zero attached hydrogens (tertiary/aromatic N) is 1. The third kappa shape index (κ3) is 4.63. The summed E-state index contributed by atoms with van der Waals surface area (Å²) in [5.41, 5.74) is 1.98. The molecule has 0 atom stereocenters. The van der Waals surface area contributed by atoms with E-state index in [0.29, 0.717) is 11.3 Å². The molecule has 0 heterocycles. The van der Waals surface area contributed by atoms with Crippen LogP contribution in [-0.2, 0) is 11.4 Å². The molecule has 5 heteroatoms. The minimum absolute atomic E-state index is 0.0145. The largest absolute Gasteiger partial charge is 0.392 e. The summed E-state index contributed by atoms with van der Waals surface area (Å²) < 4.78 is 0. The molecule has 2 aromatic carbocycles. The van der Waals surface area contributed by atoms with E-state index in [9.17, 15) is 4.79 Å². The van der Waals surface area contributed by atoms with E-state index in [1.54, 1.807) is 24.3 Å². The average Bonchev–Trinajstić information content (AvgIpc) is 2.53. The van der Waals surface area contributed by atoms with Crippen molar-refractivity contribution in [3.05, 3.63) is 59.7 Å². The fourth-order valence-electron chi connectivity index (χ4n) is 1.70. The molecule has 0 aliphatic carbocycles. The molecule has 0 saturated heterocycles. The van der Waals surface area contributed by atoms with Crippen LogP contribution in [0.3, 0.4) is 0 Å². The fraction of sp³-hybridized carbons (Fsp3) is 0.125. The number of amides is 1. The lowest BCUT2D eigenvalue weighted by molar-refractivity contribution is -0.113. The normalized spacial score (nSPS) is 9.90. The first-order valence-corrected chi connectivity index (χ1v) is 7.32. The molecule has 106 valence electrons. The SMILES string of the molecule is N#Cc1cccc(NC(=O)CSc2ccc(CO)cc2)c1. The molecule has 0 fully saturated rings. The van der Waals surface area contributed by atoms with Crippen LogP contribution < -0.4 is 5.32 Å². The van der Waals surface area contributed by atoms with Gasteiger partial charge in [-0.15, -0.1) is 11.8 Å². The van der Waals surface area contributed by atoms with Crippen LogP contribution in [0.15, 0.2) is 53.4 Å². The highest BCUT2D eigenvalue weighted by Crippen LogP contribution is 2.19. The molecule has 0 aromatic heterocycles. The van der Waals surface area contributed by atoms with Crippen molar-refractivity contribution >= 4 is 23.4 Å². The van der Waals surface area contributed by atoms with Crippen molar-refractivity contribution in [2.24, 2.45) is 0 Å². The van der Waals surface area contributed by atoms with Crippen LogP contribution in [0.5, 0.6) is 0 Å². The van der Waals surface area contributed by atoms with Gasteiger partial charge < -0.3 is 10.4 Å². The summed E-state index contributed by atoms with van der Waals surface area (Å²) in [5, 5.41) is 20.5. The van der Waals surface area contributed by atoms with Crippen molar-refractivity contribution in [1.82, 2.24) is 0 Å². The van der Waals surface area contributed by atoms with E-state index in [0.717, 1.165) is 10.5 Å². The Morgan fingerprint density at radius 1 is 1.24 bits per heavy atom. The molecule has 0 aliphatic rings. The Bertz CT molecular complexity index is 663. The second kappa shape index (κ2) is 7.48. The van der Waals surface area contributed by atoms with Gasteiger partial charge in [0, 0.05) is 10.6 Å². The molecule has 2 N–H and O–H groups in total. The summed E-state index contributed by atoms with van der Waals surface area (Å²) >= 11 is 1.42. The molecule has 0 radical (unpaired) electrons. The Hall–Kier alpha value is -2.29. The molecular weight excluding hydrogens is 284 g/mol. The maximum Gasteiger partial charge on any atom is 0.234 e. The highest BCUT2D eigenvalue weighted by atomic mass is 32.2. The third-order valence-electron chi connectivity index (χ3n) is 2.75. The number of carbonyl (C=O) groups excluding carboxylic acids is 1. The van der Waals surface area contributed by atoms with Crippen LogP contribution in [0.4, 0.5) is 5.69 Å². The molecule has 0 aliphatic heterocycles. The Balaban J connectivity index is 1.88. The average molecular weight is 298 g/mol. The van der Waals surface area contributed by atoms with Gasteiger partial charge in [0.25, 0.3) is 0 Å². The van der Waals surface area contributed by atoms with Gasteiger partial charge in [0.05, 0.1) is 24.0 Å². The predicted molar refractivity (Wildman–Crippen MR) is 82.9 cm³/mol. The van der Waals surface area contributed by atoms with Crippen LogP contribution in [0.2, 0.25) is 0 Å². The zero-order valence-corrected chi connectivity index (χ0v) is 12.1. The van der Waals surface area contributed by atoms with Gasteiger partial charge in [-0.2, -0.15) is 5.26 Å². The molecule has 0 saturated carbocycles. The van der Waals surface area contributed by atoms with Gasteiger partial charge in [0.2, 0.25) is 5.91 Å². The first-order chi connectivity index (χ1) is 10.2. The number of carbonyl (C=O) groups is 1. The van der Waals surface area contributed by atoms with Gasteiger partial charge in [0.15, 0.2) is 0 Å². The second-order valence-electron chi connectivity index (χ2n) is 4.33. The maximum absolute atomic E-state index is 11.9. The van der Waals surface area contributed by atoms with Crippen LogP contribution >= 0.6 is 11.8 Å². The lowest BCUT2D eigenvalue weighted by atomic mass is 10.2. The van der Waals surface area contributed by atoms with Crippen LogP contribution in [0.1, 0.15) is 11.1 Å². The summed E-state index contributed by atoms with van der Waals surface area (Å²) in [5.74, 6) is 0.163. The lowest BCUT2D eigenvalue weighted by Crippen LogP contribution is -2.13. The minimum Gasteiger partial charge on any atom is -0.392 e. The Morgan fingerprint density at radius 2 is 2.00 bits per heavy atom. The number of anilines is 1.